The van der Waals surface area contributed by atoms with Gasteiger partial charge in [-0.2, -0.15) is 0 Å². The molecule has 0 aromatic carbocycles. The minimum absolute atomic E-state index is 0.0799. The molecule has 0 bridgehead atoms. The molecule has 0 aliphatic heterocycles. The van der Waals surface area contributed by atoms with Crippen molar-refractivity contribution in [1.82, 2.24) is 0 Å². The van der Waals surface area contributed by atoms with Crippen molar-refractivity contribution < 1.29 is 24.2 Å². The molecule has 0 aliphatic rings. The SMILES string of the molecule is CC/C=C\C/C=C\C/C=C\C/C=C\C/C=C\CCCCCC(=O)OC(CO)COC(=O)CCCCCCCCCCCCCCCCCCCCCCCCCCCCCCC/C=C\C/C=C\CCCCCCC. The Morgan fingerprint density at radius 3 is 0.892 bits per heavy atom. The van der Waals surface area contributed by atoms with Gasteiger partial charge >= 0.3 is 11.9 Å². The van der Waals surface area contributed by atoms with Crippen molar-refractivity contribution in [3.8, 4) is 0 Å². The Balaban J connectivity index is 3.41. The summed E-state index contributed by atoms with van der Waals surface area (Å²) in [7, 11) is 0. The van der Waals surface area contributed by atoms with Crippen LogP contribution in [0.4, 0.5) is 0 Å². The van der Waals surface area contributed by atoms with E-state index in [4.69, 9.17) is 9.47 Å². The largest absolute Gasteiger partial charge is 0.462 e. The molecule has 0 aliphatic carbocycles. The summed E-state index contributed by atoms with van der Waals surface area (Å²) in [5, 5.41) is 9.65. The number of esters is 2. The fraction of sp³-hybridized carbons (Fsp3) is 0.768. The van der Waals surface area contributed by atoms with Crippen molar-refractivity contribution >= 4 is 11.9 Å². The third-order valence-electron chi connectivity index (χ3n) is 14.2. The first kappa shape index (κ1) is 71.1. The lowest BCUT2D eigenvalue weighted by Crippen LogP contribution is -2.28. The zero-order valence-electron chi connectivity index (χ0n) is 49.1. The highest BCUT2D eigenvalue weighted by Gasteiger charge is 2.16. The van der Waals surface area contributed by atoms with Gasteiger partial charge in [-0.05, 0) is 89.9 Å². The number of ether oxygens (including phenoxy) is 2. The molecular weight excluding hydrogens is 909 g/mol. The maximum Gasteiger partial charge on any atom is 0.306 e. The Morgan fingerprint density at radius 1 is 0.324 bits per heavy atom. The van der Waals surface area contributed by atoms with Crippen LogP contribution >= 0.6 is 0 Å². The first-order valence-electron chi connectivity index (χ1n) is 32.1. The number of aliphatic hydroxyl groups excluding tert-OH is 1. The van der Waals surface area contributed by atoms with Crippen LogP contribution in [0.15, 0.2) is 85.1 Å². The molecule has 0 saturated heterocycles. The van der Waals surface area contributed by atoms with E-state index in [-0.39, 0.29) is 25.2 Å². The second-order valence-electron chi connectivity index (χ2n) is 21.5. The highest BCUT2D eigenvalue weighted by Crippen LogP contribution is 2.18. The van der Waals surface area contributed by atoms with Crippen LogP contribution in [0.5, 0.6) is 0 Å². The molecule has 1 unspecified atom stereocenters. The Bertz CT molecular complexity index is 1350. The Hall–Kier alpha value is -2.92. The normalized spacial score (nSPS) is 12.7. The molecule has 0 aromatic heterocycles. The highest BCUT2D eigenvalue weighted by molar-refractivity contribution is 5.70. The number of rotatable bonds is 59. The van der Waals surface area contributed by atoms with E-state index in [0.29, 0.717) is 12.8 Å². The van der Waals surface area contributed by atoms with Gasteiger partial charge in [0.1, 0.15) is 6.61 Å². The van der Waals surface area contributed by atoms with E-state index < -0.39 is 6.10 Å². The predicted molar refractivity (Wildman–Crippen MR) is 325 cm³/mol. The van der Waals surface area contributed by atoms with Crippen molar-refractivity contribution in [2.75, 3.05) is 13.2 Å². The van der Waals surface area contributed by atoms with Gasteiger partial charge in [0, 0.05) is 12.8 Å². The van der Waals surface area contributed by atoms with Gasteiger partial charge in [-0.3, -0.25) is 9.59 Å². The van der Waals surface area contributed by atoms with Gasteiger partial charge in [-0.1, -0.05) is 304 Å². The number of allylic oxidation sites excluding steroid dienone is 14. The molecular formula is C69H122O5. The van der Waals surface area contributed by atoms with E-state index in [1.165, 1.54) is 212 Å². The van der Waals surface area contributed by atoms with Crippen molar-refractivity contribution in [3.05, 3.63) is 85.1 Å². The second-order valence-corrected chi connectivity index (χ2v) is 21.5. The van der Waals surface area contributed by atoms with Gasteiger partial charge in [0.05, 0.1) is 6.61 Å². The minimum atomic E-state index is -0.793. The summed E-state index contributed by atoms with van der Waals surface area (Å²) in [6.07, 6.45) is 90.4. The Morgan fingerprint density at radius 2 is 0.581 bits per heavy atom. The summed E-state index contributed by atoms with van der Waals surface area (Å²) < 4.78 is 10.7. The molecule has 0 rings (SSSR count). The lowest BCUT2D eigenvalue weighted by molar-refractivity contribution is -0.161. The number of carbonyl (C=O) groups is 2. The van der Waals surface area contributed by atoms with Crippen molar-refractivity contribution in [3.63, 3.8) is 0 Å². The molecule has 0 radical (unpaired) electrons. The maximum absolute atomic E-state index is 12.3. The third-order valence-corrected chi connectivity index (χ3v) is 14.2. The summed E-state index contributed by atoms with van der Waals surface area (Å²) in [6, 6.07) is 0. The first-order valence-corrected chi connectivity index (χ1v) is 32.1. The van der Waals surface area contributed by atoms with Gasteiger partial charge in [0.2, 0.25) is 0 Å². The van der Waals surface area contributed by atoms with E-state index in [0.717, 1.165) is 83.5 Å². The summed E-state index contributed by atoms with van der Waals surface area (Å²) in [6.45, 7) is 4.01. The van der Waals surface area contributed by atoms with Gasteiger partial charge in [0.25, 0.3) is 0 Å². The van der Waals surface area contributed by atoms with Crippen molar-refractivity contribution in [2.45, 2.75) is 328 Å². The second kappa shape index (κ2) is 64.4. The van der Waals surface area contributed by atoms with E-state index in [1.54, 1.807) is 0 Å². The summed E-state index contributed by atoms with van der Waals surface area (Å²) in [4.78, 5) is 24.5. The quantitative estimate of drug-likeness (QED) is 0.0373. The monoisotopic (exact) mass is 1030 g/mol. The Kier molecular flexibility index (Phi) is 61.8. The summed E-state index contributed by atoms with van der Waals surface area (Å²) >= 11 is 0. The molecule has 0 spiro atoms. The van der Waals surface area contributed by atoms with Crippen LogP contribution in [0.3, 0.4) is 0 Å². The molecule has 0 saturated carbocycles. The smallest absolute Gasteiger partial charge is 0.306 e. The third kappa shape index (κ3) is 61.6. The minimum Gasteiger partial charge on any atom is -0.462 e. The average Bonchev–Trinajstić information content (AvgIpc) is 3.40. The van der Waals surface area contributed by atoms with Crippen LogP contribution in [0.1, 0.15) is 322 Å². The standard InChI is InChI=1S/C69H122O5/c1-3-5-7-9-11-13-15-17-19-21-23-24-25-26-27-28-29-30-31-32-33-34-35-36-37-38-39-40-41-42-43-44-46-47-49-51-53-55-57-59-61-63-68(71)73-66-67(65-70)74-69(72)64-62-60-58-56-54-52-50-48-45-22-20-18-16-14-12-10-8-6-4-2/h6,8,12,14-15,17-18,20-21,23,45,48,52,54,67,70H,3-5,7,9-11,13,16,19,22,24-44,46-47,49-51,53,55-66H2,1-2H3/b8-6-,14-12-,17-15-,20-18-,23-21-,48-45-,54-52-. The van der Waals surface area contributed by atoms with E-state index in [9.17, 15) is 14.7 Å². The highest BCUT2D eigenvalue weighted by atomic mass is 16.6. The average molecular weight is 1030 g/mol. The Labute approximate surface area is 460 Å². The van der Waals surface area contributed by atoms with Gasteiger partial charge < -0.3 is 14.6 Å². The maximum atomic E-state index is 12.3. The van der Waals surface area contributed by atoms with Crippen LogP contribution in [0, 0.1) is 0 Å². The molecule has 0 amide bonds. The fourth-order valence-corrected chi connectivity index (χ4v) is 9.38. The van der Waals surface area contributed by atoms with Crippen LogP contribution in [-0.4, -0.2) is 36.4 Å². The lowest BCUT2D eigenvalue weighted by atomic mass is 10.0. The van der Waals surface area contributed by atoms with Crippen molar-refractivity contribution in [1.29, 1.82) is 0 Å². The number of unbranched alkanes of at least 4 members (excludes halogenated alkanes) is 37. The van der Waals surface area contributed by atoms with Crippen LogP contribution in [-0.2, 0) is 19.1 Å². The van der Waals surface area contributed by atoms with E-state index in [2.05, 4.69) is 98.9 Å². The molecule has 428 valence electrons. The van der Waals surface area contributed by atoms with Crippen molar-refractivity contribution in [2.24, 2.45) is 0 Å². The molecule has 0 aromatic rings. The molecule has 5 heteroatoms. The van der Waals surface area contributed by atoms with Gasteiger partial charge in [-0.15, -0.1) is 0 Å². The summed E-state index contributed by atoms with van der Waals surface area (Å²) in [5.41, 5.74) is 0. The predicted octanol–water partition coefficient (Wildman–Crippen LogP) is 22.1. The summed E-state index contributed by atoms with van der Waals surface area (Å²) in [5.74, 6) is -0.620. The molecule has 1 atom stereocenters. The van der Waals surface area contributed by atoms with Crippen LogP contribution in [0.2, 0.25) is 0 Å². The van der Waals surface area contributed by atoms with Crippen LogP contribution < -0.4 is 0 Å². The zero-order chi connectivity index (χ0) is 53.4. The lowest BCUT2D eigenvalue weighted by Gasteiger charge is -2.15. The van der Waals surface area contributed by atoms with E-state index >= 15 is 0 Å². The van der Waals surface area contributed by atoms with Gasteiger partial charge in [-0.25, -0.2) is 0 Å². The molecule has 5 nitrogen and oxygen atoms in total. The fourth-order valence-electron chi connectivity index (χ4n) is 9.38. The molecule has 0 fully saturated rings. The number of carbonyl (C=O) groups excluding carboxylic acids is 2. The zero-order valence-corrected chi connectivity index (χ0v) is 49.1. The van der Waals surface area contributed by atoms with Gasteiger partial charge in [0.15, 0.2) is 6.10 Å². The number of hydrogen-bond acceptors (Lipinski definition) is 5. The van der Waals surface area contributed by atoms with Crippen LogP contribution in [0.25, 0.3) is 0 Å². The number of hydrogen-bond donors (Lipinski definition) is 1. The molecule has 1 N–H and O–H groups in total. The topological polar surface area (TPSA) is 72.8 Å². The molecule has 74 heavy (non-hydrogen) atoms. The first-order chi connectivity index (χ1) is 36.6. The molecule has 0 heterocycles. The number of aliphatic hydroxyl groups is 1. The van der Waals surface area contributed by atoms with E-state index in [1.807, 2.05) is 0 Å².